The minimum absolute atomic E-state index is 0.573. The maximum atomic E-state index is 10.8. The first-order valence-corrected chi connectivity index (χ1v) is 6.43. The Balaban J connectivity index is 1.93. The fourth-order valence-corrected chi connectivity index (χ4v) is 2.94. The first-order chi connectivity index (χ1) is 7.88. The molecule has 3 nitrogen and oxygen atoms in total. The quantitative estimate of drug-likeness (QED) is 0.731. The number of hydrogen-bond acceptors (Lipinski definition) is 2. The number of hydrogen-bond donors (Lipinski definition) is 0. The molecule has 3 heteroatoms. The van der Waals surface area contributed by atoms with Crippen molar-refractivity contribution in [1.29, 1.82) is 0 Å². The molecule has 0 unspecified atom stereocenters. The zero-order valence-corrected chi connectivity index (χ0v) is 9.56. The highest BCUT2D eigenvalue weighted by atomic mass is 16.1. The Morgan fingerprint density at radius 2 is 1.94 bits per heavy atom. The molecule has 1 aromatic rings. The van der Waals surface area contributed by atoms with Crippen molar-refractivity contribution in [2.45, 2.75) is 56.9 Å². The van der Waals surface area contributed by atoms with Crippen LogP contribution < -0.4 is 0 Å². The molecule has 1 aromatic heterocycles. The van der Waals surface area contributed by atoms with Gasteiger partial charge in [-0.25, -0.2) is 0 Å². The summed E-state index contributed by atoms with van der Waals surface area (Å²) in [5, 5.41) is 4.44. The summed E-state index contributed by atoms with van der Waals surface area (Å²) in [6, 6.07) is 2.59. The van der Waals surface area contributed by atoms with E-state index in [2.05, 4.69) is 9.78 Å². The standard InChI is InChI=1S/C13H18N2O/c16-9-11-8-13(10-4-1-2-5-10)15(14-11)12-6-3-7-12/h8-10,12H,1-7H2. The second-order valence-electron chi connectivity index (χ2n) is 5.12. The second kappa shape index (κ2) is 4.04. The second-order valence-corrected chi connectivity index (χ2v) is 5.12. The van der Waals surface area contributed by atoms with Crippen LogP contribution in [0.5, 0.6) is 0 Å². The third kappa shape index (κ3) is 1.58. The van der Waals surface area contributed by atoms with Gasteiger partial charge in [-0.2, -0.15) is 5.10 Å². The number of carbonyl (C=O) groups excluding carboxylic acids is 1. The maximum Gasteiger partial charge on any atom is 0.170 e. The van der Waals surface area contributed by atoms with E-state index in [1.165, 1.54) is 50.6 Å². The van der Waals surface area contributed by atoms with Crippen LogP contribution in [-0.4, -0.2) is 16.1 Å². The Morgan fingerprint density at radius 3 is 2.50 bits per heavy atom. The molecule has 0 bridgehead atoms. The van der Waals surface area contributed by atoms with Crippen molar-refractivity contribution in [2.75, 3.05) is 0 Å². The number of nitrogens with zero attached hydrogens (tertiary/aromatic N) is 2. The molecule has 3 rings (SSSR count). The van der Waals surface area contributed by atoms with Crippen LogP contribution in [0.4, 0.5) is 0 Å². The average Bonchev–Trinajstić information content (AvgIpc) is 2.81. The van der Waals surface area contributed by atoms with Gasteiger partial charge in [0.1, 0.15) is 5.69 Å². The predicted octanol–water partition coefficient (Wildman–Crippen LogP) is 3.08. The van der Waals surface area contributed by atoms with Crippen LogP contribution in [0, 0.1) is 0 Å². The fourth-order valence-electron chi connectivity index (χ4n) is 2.94. The van der Waals surface area contributed by atoms with Crippen molar-refractivity contribution in [2.24, 2.45) is 0 Å². The molecule has 0 atom stereocenters. The molecule has 0 spiro atoms. The van der Waals surface area contributed by atoms with Crippen molar-refractivity contribution in [3.8, 4) is 0 Å². The molecule has 2 fully saturated rings. The Labute approximate surface area is 95.8 Å². The van der Waals surface area contributed by atoms with E-state index in [4.69, 9.17) is 0 Å². The minimum atomic E-state index is 0.573. The molecule has 0 saturated heterocycles. The van der Waals surface area contributed by atoms with E-state index in [1.54, 1.807) is 0 Å². The first-order valence-electron chi connectivity index (χ1n) is 6.43. The molecular formula is C13H18N2O. The molecule has 0 amide bonds. The van der Waals surface area contributed by atoms with Crippen molar-refractivity contribution < 1.29 is 4.79 Å². The molecule has 0 aromatic carbocycles. The van der Waals surface area contributed by atoms with E-state index < -0.39 is 0 Å². The maximum absolute atomic E-state index is 10.8. The van der Waals surface area contributed by atoms with E-state index in [0.29, 0.717) is 17.7 Å². The average molecular weight is 218 g/mol. The van der Waals surface area contributed by atoms with Gasteiger partial charge in [0, 0.05) is 11.6 Å². The van der Waals surface area contributed by atoms with Gasteiger partial charge >= 0.3 is 0 Å². The normalized spacial score (nSPS) is 22.2. The summed E-state index contributed by atoms with van der Waals surface area (Å²) in [6.45, 7) is 0. The summed E-state index contributed by atoms with van der Waals surface area (Å²) in [7, 11) is 0. The van der Waals surface area contributed by atoms with Gasteiger partial charge < -0.3 is 0 Å². The monoisotopic (exact) mass is 218 g/mol. The molecule has 86 valence electrons. The molecule has 1 heterocycles. The van der Waals surface area contributed by atoms with Gasteiger partial charge in [0.15, 0.2) is 6.29 Å². The highest BCUT2D eigenvalue weighted by molar-refractivity contribution is 5.71. The van der Waals surface area contributed by atoms with Gasteiger partial charge in [-0.3, -0.25) is 9.48 Å². The van der Waals surface area contributed by atoms with Gasteiger partial charge in [-0.1, -0.05) is 12.8 Å². The van der Waals surface area contributed by atoms with E-state index in [-0.39, 0.29) is 0 Å². The Hall–Kier alpha value is -1.12. The van der Waals surface area contributed by atoms with E-state index in [9.17, 15) is 4.79 Å². The minimum Gasteiger partial charge on any atom is -0.296 e. The van der Waals surface area contributed by atoms with Crippen LogP contribution in [0.2, 0.25) is 0 Å². The Bertz CT molecular complexity index is 387. The van der Waals surface area contributed by atoms with Crippen molar-refractivity contribution in [3.63, 3.8) is 0 Å². The Morgan fingerprint density at radius 1 is 1.19 bits per heavy atom. The number of aldehydes is 1. The largest absolute Gasteiger partial charge is 0.296 e. The molecule has 0 aliphatic heterocycles. The van der Waals surface area contributed by atoms with Crippen LogP contribution in [0.3, 0.4) is 0 Å². The first kappa shape index (κ1) is 10.1. The van der Waals surface area contributed by atoms with Crippen LogP contribution >= 0.6 is 0 Å². The lowest BCUT2D eigenvalue weighted by molar-refractivity contribution is 0.111. The van der Waals surface area contributed by atoms with Gasteiger partial charge in [-0.05, 0) is 38.2 Å². The van der Waals surface area contributed by atoms with Crippen molar-refractivity contribution in [1.82, 2.24) is 9.78 Å². The summed E-state index contributed by atoms with van der Waals surface area (Å²) < 4.78 is 2.16. The summed E-state index contributed by atoms with van der Waals surface area (Å²) in [5.41, 5.74) is 1.94. The third-order valence-corrected chi connectivity index (χ3v) is 4.10. The fraction of sp³-hybridized carbons (Fsp3) is 0.692. The zero-order valence-electron chi connectivity index (χ0n) is 9.56. The number of rotatable bonds is 3. The van der Waals surface area contributed by atoms with Gasteiger partial charge in [0.2, 0.25) is 0 Å². The van der Waals surface area contributed by atoms with Crippen LogP contribution in [0.15, 0.2) is 6.07 Å². The van der Waals surface area contributed by atoms with Crippen LogP contribution in [-0.2, 0) is 0 Å². The predicted molar refractivity (Wildman–Crippen MR) is 61.7 cm³/mol. The van der Waals surface area contributed by atoms with Crippen LogP contribution in [0.25, 0.3) is 0 Å². The van der Waals surface area contributed by atoms with Gasteiger partial charge in [0.25, 0.3) is 0 Å². The molecule has 2 aliphatic carbocycles. The lowest BCUT2D eigenvalue weighted by atomic mass is 9.92. The number of aromatic nitrogens is 2. The molecule has 16 heavy (non-hydrogen) atoms. The van der Waals surface area contributed by atoms with Crippen molar-refractivity contribution in [3.05, 3.63) is 17.5 Å². The van der Waals surface area contributed by atoms with E-state index >= 15 is 0 Å². The summed E-state index contributed by atoms with van der Waals surface area (Å²) in [5.74, 6) is 0.654. The summed E-state index contributed by atoms with van der Waals surface area (Å²) >= 11 is 0. The lowest BCUT2D eigenvalue weighted by Crippen LogP contribution is -2.21. The lowest BCUT2D eigenvalue weighted by Gasteiger charge is -2.28. The van der Waals surface area contributed by atoms with Gasteiger partial charge in [0.05, 0.1) is 6.04 Å². The van der Waals surface area contributed by atoms with Gasteiger partial charge in [-0.15, -0.1) is 0 Å². The SMILES string of the molecule is O=Cc1cc(C2CCCC2)n(C2CCC2)n1. The molecule has 2 saturated carbocycles. The molecule has 2 aliphatic rings. The van der Waals surface area contributed by atoms with Crippen molar-refractivity contribution >= 4 is 6.29 Å². The Kier molecular flexibility index (Phi) is 2.54. The zero-order chi connectivity index (χ0) is 11.0. The summed E-state index contributed by atoms with van der Waals surface area (Å²) in [6.07, 6.45) is 9.87. The molecule has 0 radical (unpaired) electrons. The van der Waals surface area contributed by atoms with Crippen LogP contribution in [0.1, 0.15) is 73.1 Å². The smallest absolute Gasteiger partial charge is 0.170 e. The summed E-state index contributed by atoms with van der Waals surface area (Å²) in [4.78, 5) is 10.8. The molecule has 0 N–H and O–H groups in total. The van der Waals surface area contributed by atoms with E-state index in [1.807, 2.05) is 6.07 Å². The highest BCUT2D eigenvalue weighted by Gasteiger charge is 2.28. The topological polar surface area (TPSA) is 34.9 Å². The highest BCUT2D eigenvalue weighted by Crippen LogP contribution is 2.39. The third-order valence-electron chi connectivity index (χ3n) is 4.10. The van der Waals surface area contributed by atoms with E-state index in [0.717, 1.165) is 6.29 Å². The molecular weight excluding hydrogens is 200 g/mol. The number of carbonyl (C=O) groups is 1.